The van der Waals surface area contributed by atoms with Crippen LogP contribution >= 0.6 is 0 Å². The summed E-state index contributed by atoms with van der Waals surface area (Å²) in [4.78, 5) is 45.4. The van der Waals surface area contributed by atoms with Gasteiger partial charge >= 0.3 is 6.03 Å². The molecule has 4 amide bonds. The number of amides is 4. The summed E-state index contributed by atoms with van der Waals surface area (Å²) in [5.74, 6) is 2.24. The highest BCUT2D eigenvalue weighted by atomic mass is 16.5. The zero-order valence-electron chi connectivity index (χ0n) is 13.8. The summed E-state index contributed by atoms with van der Waals surface area (Å²) in [7, 11) is 0. The molecule has 9 nitrogen and oxygen atoms in total. The molecule has 0 aliphatic carbocycles. The van der Waals surface area contributed by atoms with Crippen molar-refractivity contribution >= 4 is 29.5 Å². The molecule has 1 aromatic rings. The summed E-state index contributed by atoms with van der Waals surface area (Å²) >= 11 is 0. The molecule has 9 heteroatoms. The lowest BCUT2D eigenvalue weighted by atomic mass is 10.0. The van der Waals surface area contributed by atoms with Crippen molar-refractivity contribution in [1.29, 1.82) is 0 Å². The molecule has 1 N–H and O–H groups in total. The van der Waals surface area contributed by atoms with E-state index in [2.05, 4.69) is 10.9 Å². The van der Waals surface area contributed by atoms with E-state index in [1.807, 2.05) is 0 Å². The maximum atomic E-state index is 12.7. The molecule has 2 atom stereocenters. The van der Waals surface area contributed by atoms with Gasteiger partial charge in [0.25, 0.3) is 11.8 Å². The van der Waals surface area contributed by atoms with Crippen molar-refractivity contribution in [3.63, 3.8) is 0 Å². The van der Waals surface area contributed by atoms with Gasteiger partial charge in [-0.1, -0.05) is 5.92 Å². The first-order valence-corrected chi connectivity index (χ1v) is 8.21. The average Bonchev–Trinajstić information content (AvgIpc) is 2.87. The highest BCUT2D eigenvalue weighted by Gasteiger charge is 2.49. The van der Waals surface area contributed by atoms with Crippen LogP contribution in [0.3, 0.4) is 0 Å². The first-order valence-electron chi connectivity index (χ1n) is 8.21. The fraction of sp³-hybridized carbons (Fsp3) is 0.412. The van der Waals surface area contributed by atoms with Gasteiger partial charge in [0.1, 0.15) is 11.9 Å². The van der Waals surface area contributed by atoms with Gasteiger partial charge in [-0.05, 0) is 18.6 Å². The number of anilines is 2. The van der Waals surface area contributed by atoms with Crippen LogP contribution in [0.4, 0.5) is 16.4 Å². The molecule has 3 aliphatic rings. The summed E-state index contributed by atoms with van der Waals surface area (Å²) in [6.07, 6.45) is 5.34. The molecule has 1 aromatic heterocycles. The Morgan fingerprint density at radius 2 is 2.15 bits per heavy atom. The van der Waals surface area contributed by atoms with Crippen molar-refractivity contribution in [3.05, 3.63) is 12.1 Å². The van der Waals surface area contributed by atoms with Gasteiger partial charge in [-0.25, -0.2) is 14.7 Å². The van der Waals surface area contributed by atoms with Gasteiger partial charge < -0.3 is 14.7 Å². The Balaban J connectivity index is 1.71. The average molecular weight is 356 g/mol. The maximum Gasteiger partial charge on any atom is 0.333 e. The first kappa shape index (κ1) is 16.4. The molecule has 0 spiro atoms. The van der Waals surface area contributed by atoms with Gasteiger partial charge in [0.2, 0.25) is 0 Å². The number of aliphatic hydroxyl groups excluding tert-OH is 1. The number of imide groups is 1. The highest BCUT2D eigenvalue weighted by Crippen LogP contribution is 2.35. The molecule has 26 heavy (non-hydrogen) atoms. The minimum atomic E-state index is -0.691. The lowest BCUT2D eigenvalue weighted by Gasteiger charge is -2.29. The normalized spacial score (nSPS) is 24.9. The molecule has 0 radical (unpaired) electrons. The second kappa shape index (κ2) is 6.00. The second-order valence-corrected chi connectivity index (χ2v) is 6.31. The molecule has 2 fully saturated rings. The van der Waals surface area contributed by atoms with Gasteiger partial charge in [-0.3, -0.25) is 14.5 Å². The number of aliphatic hydroxyl groups is 1. The third kappa shape index (κ3) is 2.38. The van der Waals surface area contributed by atoms with Crippen LogP contribution in [0.25, 0.3) is 0 Å². The number of carbonyl (C=O) groups is 3. The zero-order chi connectivity index (χ0) is 18.4. The first-order chi connectivity index (χ1) is 12.5. The smallest absolute Gasteiger partial charge is 0.333 e. The van der Waals surface area contributed by atoms with E-state index in [4.69, 9.17) is 11.2 Å². The number of pyridine rings is 1. The summed E-state index contributed by atoms with van der Waals surface area (Å²) < 4.78 is 5.34. The van der Waals surface area contributed by atoms with E-state index >= 15 is 0 Å². The van der Waals surface area contributed by atoms with Crippen molar-refractivity contribution in [3.8, 4) is 18.1 Å². The zero-order valence-corrected chi connectivity index (χ0v) is 13.8. The van der Waals surface area contributed by atoms with Crippen molar-refractivity contribution in [2.75, 3.05) is 29.5 Å². The van der Waals surface area contributed by atoms with Crippen LogP contribution in [0.15, 0.2) is 12.1 Å². The van der Waals surface area contributed by atoms with Crippen LogP contribution in [0.1, 0.15) is 12.8 Å². The molecular formula is C17H16N4O5. The molecule has 4 heterocycles. The monoisotopic (exact) mass is 356 g/mol. The van der Waals surface area contributed by atoms with E-state index in [-0.39, 0.29) is 37.1 Å². The predicted octanol–water partition coefficient (Wildman–Crippen LogP) is -0.268. The topological polar surface area (TPSA) is 103 Å². The number of fused-ring (bicyclic) bond motifs is 2. The van der Waals surface area contributed by atoms with Gasteiger partial charge in [0.15, 0.2) is 18.2 Å². The van der Waals surface area contributed by atoms with E-state index in [9.17, 15) is 19.5 Å². The van der Waals surface area contributed by atoms with Crippen LogP contribution in [0, 0.1) is 12.3 Å². The van der Waals surface area contributed by atoms with Crippen molar-refractivity contribution in [2.45, 2.75) is 25.0 Å². The lowest BCUT2D eigenvalue weighted by molar-refractivity contribution is -0.122. The summed E-state index contributed by atoms with van der Waals surface area (Å²) in [6.45, 7) is 0.169. The SMILES string of the molecule is C#CCN1C(=O)COc2ccc(N3C(=O)C4CC(O)CCN4C3=O)nc21. The largest absolute Gasteiger partial charge is 0.480 e. The van der Waals surface area contributed by atoms with Crippen molar-refractivity contribution in [1.82, 2.24) is 9.88 Å². The predicted molar refractivity (Wildman–Crippen MR) is 89.5 cm³/mol. The van der Waals surface area contributed by atoms with E-state index < -0.39 is 24.1 Å². The van der Waals surface area contributed by atoms with E-state index in [0.717, 1.165) is 4.90 Å². The Labute approximate surface area is 149 Å². The van der Waals surface area contributed by atoms with Crippen LogP contribution in [-0.2, 0) is 9.59 Å². The molecule has 2 saturated heterocycles. The van der Waals surface area contributed by atoms with Crippen molar-refractivity contribution in [2.24, 2.45) is 0 Å². The number of ether oxygens (including phenoxy) is 1. The van der Waals surface area contributed by atoms with Gasteiger partial charge in [-0.15, -0.1) is 6.42 Å². The van der Waals surface area contributed by atoms with Crippen LogP contribution in [-0.4, -0.2) is 64.7 Å². The second-order valence-electron chi connectivity index (χ2n) is 6.31. The van der Waals surface area contributed by atoms with Gasteiger partial charge in [0.05, 0.1) is 12.6 Å². The third-order valence-corrected chi connectivity index (χ3v) is 4.73. The Morgan fingerprint density at radius 3 is 2.92 bits per heavy atom. The third-order valence-electron chi connectivity index (χ3n) is 4.73. The Morgan fingerprint density at radius 1 is 1.35 bits per heavy atom. The number of aromatic nitrogens is 1. The van der Waals surface area contributed by atoms with Gasteiger partial charge in [-0.2, -0.15) is 0 Å². The maximum absolute atomic E-state index is 12.7. The van der Waals surface area contributed by atoms with E-state index in [1.54, 1.807) is 6.07 Å². The molecular weight excluding hydrogens is 340 g/mol. The lowest BCUT2D eigenvalue weighted by Crippen LogP contribution is -2.43. The van der Waals surface area contributed by atoms with Crippen molar-refractivity contribution < 1.29 is 24.2 Å². The summed E-state index contributed by atoms with van der Waals surface area (Å²) in [5, 5.41) is 9.79. The minimum absolute atomic E-state index is 0.00841. The number of hydrogen-bond donors (Lipinski definition) is 1. The molecule has 0 saturated carbocycles. The summed E-state index contributed by atoms with van der Waals surface area (Å²) in [6, 6.07) is 1.88. The molecule has 0 aromatic carbocycles. The molecule has 4 rings (SSSR count). The highest BCUT2D eigenvalue weighted by molar-refractivity contribution is 6.21. The number of rotatable bonds is 2. The van der Waals surface area contributed by atoms with Crippen LogP contribution in [0.2, 0.25) is 0 Å². The number of piperidine rings is 1. The molecule has 134 valence electrons. The Kier molecular flexibility index (Phi) is 3.77. The molecule has 2 unspecified atom stereocenters. The fourth-order valence-electron chi connectivity index (χ4n) is 3.44. The number of nitrogens with zero attached hydrogens (tertiary/aromatic N) is 4. The molecule has 0 bridgehead atoms. The van der Waals surface area contributed by atoms with Crippen LogP contribution in [0.5, 0.6) is 5.75 Å². The van der Waals surface area contributed by atoms with E-state index in [0.29, 0.717) is 18.7 Å². The Hall–Kier alpha value is -3.12. The summed E-state index contributed by atoms with van der Waals surface area (Å²) in [5.41, 5.74) is 0. The standard InChI is InChI=1S/C17H16N4O5/c1-2-6-20-14(23)9-26-12-3-4-13(18-15(12)20)21-16(24)11-8-10(22)5-7-19(11)17(21)25/h1,3-4,10-11,22H,5-9H2. The fourth-order valence-corrected chi connectivity index (χ4v) is 3.44. The van der Waals surface area contributed by atoms with Gasteiger partial charge in [0, 0.05) is 13.0 Å². The van der Waals surface area contributed by atoms with E-state index in [1.165, 1.54) is 15.9 Å². The number of hydrogen-bond acceptors (Lipinski definition) is 6. The Bertz CT molecular complexity index is 848. The quantitative estimate of drug-likeness (QED) is 0.578. The molecule has 3 aliphatic heterocycles. The van der Waals surface area contributed by atoms with Crippen LogP contribution < -0.4 is 14.5 Å². The minimum Gasteiger partial charge on any atom is -0.480 e. The number of urea groups is 1. The number of terminal acetylenes is 1. The number of carbonyl (C=O) groups excluding carboxylic acids is 3.